The summed E-state index contributed by atoms with van der Waals surface area (Å²) in [6.07, 6.45) is 0.297. The molecule has 0 spiro atoms. The van der Waals surface area contributed by atoms with Gasteiger partial charge < -0.3 is 9.84 Å². The van der Waals surface area contributed by atoms with E-state index in [2.05, 4.69) is 15.6 Å². The number of aromatic hydroxyl groups is 1. The molecule has 0 fully saturated rings. The van der Waals surface area contributed by atoms with Crippen LogP contribution in [0.1, 0.15) is 31.1 Å². The van der Waals surface area contributed by atoms with E-state index in [1.807, 2.05) is 0 Å². The second kappa shape index (κ2) is 7.35. The Labute approximate surface area is 152 Å². The highest BCUT2D eigenvalue weighted by atomic mass is 32.1. The second-order valence-electron chi connectivity index (χ2n) is 6.07. The number of phenols is 1. The van der Waals surface area contributed by atoms with Crippen molar-refractivity contribution in [2.45, 2.75) is 26.4 Å². The number of nitro groups is 1. The van der Waals surface area contributed by atoms with Gasteiger partial charge in [-0.1, -0.05) is 0 Å². The third kappa shape index (κ3) is 5.14. The lowest BCUT2D eigenvalue weighted by molar-refractivity contribution is -0.380. The molecule has 0 radical (unpaired) electrons. The summed E-state index contributed by atoms with van der Waals surface area (Å²) in [4.78, 5) is 37.8. The third-order valence-electron chi connectivity index (χ3n) is 2.78. The Balaban J connectivity index is 2.13. The molecule has 1 aromatic heterocycles. The summed E-state index contributed by atoms with van der Waals surface area (Å²) >= 11 is 0.678. The first kappa shape index (κ1) is 19.1. The number of phenolic OH excluding ortho intramolecular Hbond substituents is 1. The Morgan fingerprint density at radius 1 is 1.31 bits per heavy atom. The lowest BCUT2D eigenvalue weighted by Crippen LogP contribution is -2.27. The summed E-state index contributed by atoms with van der Waals surface area (Å²) < 4.78 is 5.11. The SMILES string of the molecule is CC(C)(C)OC(=O)Nc1ccc(O)c(C(=O)Nc2ncc([N+](=O)[O-])s2)c1. The predicted molar refractivity (Wildman–Crippen MR) is 94.7 cm³/mol. The third-order valence-corrected chi connectivity index (χ3v) is 3.64. The molecule has 138 valence electrons. The monoisotopic (exact) mass is 380 g/mol. The first-order valence-electron chi connectivity index (χ1n) is 7.30. The molecule has 1 heterocycles. The molecule has 11 heteroatoms. The molecule has 0 saturated heterocycles. The number of aromatic nitrogens is 1. The van der Waals surface area contributed by atoms with Crippen molar-refractivity contribution in [1.82, 2.24) is 4.98 Å². The van der Waals surface area contributed by atoms with Gasteiger partial charge in [-0.2, -0.15) is 0 Å². The first-order chi connectivity index (χ1) is 12.0. The fraction of sp³-hybridized carbons (Fsp3) is 0.267. The Morgan fingerprint density at radius 3 is 2.58 bits per heavy atom. The minimum Gasteiger partial charge on any atom is -0.507 e. The fourth-order valence-electron chi connectivity index (χ4n) is 1.79. The zero-order valence-electron chi connectivity index (χ0n) is 14.1. The Bertz CT molecular complexity index is 858. The zero-order chi connectivity index (χ0) is 19.5. The molecule has 1 aromatic carbocycles. The van der Waals surface area contributed by atoms with E-state index in [-0.39, 0.29) is 27.1 Å². The summed E-state index contributed by atoms with van der Waals surface area (Å²) in [5.74, 6) is -1.07. The molecule has 2 rings (SSSR count). The van der Waals surface area contributed by atoms with Gasteiger partial charge in [-0.3, -0.25) is 25.5 Å². The molecular formula is C15H16N4O6S. The molecule has 0 aliphatic heterocycles. The predicted octanol–water partition coefficient (Wildman–Crippen LogP) is 3.36. The van der Waals surface area contributed by atoms with Gasteiger partial charge in [0, 0.05) is 5.69 Å². The average Bonchev–Trinajstić information content (AvgIpc) is 2.96. The molecule has 0 aliphatic carbocycles. The van der Waals surface area contributed by atoms with E-state index in [0.717, 1.165) is 6.20 Å². The van der Waals surface area contributed by atoms with Crippen LogP contribution in [-0.2, 0) is 4.74 Å². The van der Waals surface area contributed by atoms with Gasteiger partial charge in [-0.05, 0) is 50.3 Å². The molecule has 0 atom stereocenters. The summed E-state index contributed by atoms with van der Waals surface area (Å²) in [7, 11) is 0. The van der Waals surface area contributed by atoms with Gasteiger partial charge in [-0.25, -0.2) is 9.78 Å². The molecule has 0 aliphatic rings. The molecule has 0 bridgehead atoms. The van der Waals surface area contributed by atoms with Crippen molar-refractivity contribution in [2.24, 2.45) is 0 Å². The van der Waals surface area contributed by atoms with Crippen LogP contribution >= 0.6 is 11.3 Å². The van der Waals surface area contributed by atoms with Gasteiger partial charge in [0.1, 0.15) is 17.5 Å². The van der Waals surface area contributed by atoms with E-state index >= 15 is 0 Å². The lowest BCUT2D eigenvalue weighted by atomic mass is 10.1. The summed E-state index contributed by atoms with van der Waals surface area (Å²) in [5.41, 5.74) is -0.607. The number of hydrogen-bond acceptors (Lipinski definition) is 8. The van der Waals surface area contributed by atoms with Crippen LogP contribution in [0.25, 0.3) is 0 Å². The molecule has 3 N–H and O–H groups in total. The Kier molecular flexibility index (Phi) is 5.41. The van der Waals surface area contributed by atoms with Crippen LogP contribution in [0.4, 0.5) is 20.6 Å². The molecular weight excluding hydrogens is 364 g/mol. The molecule has 10 nitrogen and oxygen atoms in total. The highest BCUT2D eigenvalue weighted by Crippen LogP contribution is 2.27. The van der Waals surface area contributed by atoms with Crippen LogP contribution in [-0.4, -0.2) is 32.6 Å². The number of hydrogen-bond donors (Lipinski definition) is 3. The number of nitrogens with one attached hydrogen (secondary N) is 2. The number of rotatable bonds is 4. The molecule has 0 unspecified atom stereocenters. The number of ether oxygens (including phenoxy) is 1. The average molecular weight is 380 g/mol. The minimum absolute atomic E-state index is 0.00612. The quantitative estimate of drug-likeness (QED) is 0.419. The van der Waals surface area contributed by atoms with Crippen LogP contribution in [0.2, 0.25) is 0 Å². The van der Waals surface area contributed by atoms with Crippen molar-refractivity contribution in [2.75, 3.05) is 10.6 Å². The number of amides is 2. The molecule has 26 heavy (non-hydrogen) atoms. The molecule has 0 saturated carbocycles. The maximum absolute atomic E-state index is 12.3. The minimum atomic E-state index is -0.736. The summed E-state index contributed by atoms with van der Waals surface area (Å²) in [5, 5.41) is 25.1. The van der Waals surface area contributed by atoms with Crippen LogP contribution in [0.5, 0.6) is 5.75 Å². The van der Waals surface area contributed by atoms with E-state index < -0.39 is 22.5 Å². The van der Waals surface area contributed by atoms with Crippen molar-refractivity contribution in [3.63, 3.8) is 0 Å². The van der Waals surface area contributed by atoms with Gasteiger partial charge in [0.05, 0.1) is 10.5 Å². The van der Waals surface area contributed by atoms with Gasteiger partial charge >= 0.3 is 11.1 Å². The normalized spacial score (nSPS) is 10.9. The molecule has 2 aromatic rings. The largest absolute Gasteiger partial charge is 0.507 e. The van der Waals surface area contributed by atoms with Crippen molar-refractivity contribution >= 4 is 39.2 Å². The maximum Gasteiger partial charge on any atom is 0.412 e. The lowest BCUT2D eigenvalue weighted by Gasteiger charge is -2.19. The number of anilines is 2. The fourth-order valence-corrected chi connectivity index (χ4v) is 2.42. The summed E-state index contributed by atoms with van der Waals surface area (Å²) in [6.45, 7) is 5.11. The smallest absolute Gasteiger partial charge is 0.412 e. The van der Waals surface area contributed by atoms with Gasteiger partial charge in [0.15, 0.2) is 5.13 Å². The maximum atomic E-state index is 12.3. The van der Waals surface area contributed by atoms with Crippen LogP contribution < -0.4 is 10.6 Å². The van der Waals surface area contributed by atoms with Gasteiger partial charge in [-0.15, -0.1) is 0 Å². The summed E-state index contributed by atoms with van der Waals surface area (Å²) in [6, 6.07) is 3.87. The number of carbonyl (C=O) groups is 2. The highest BCUT2D eigenvalue weighted by Gasteiger charge is 2.19. The number of thiazole rings is 1. The number of nitrogens with zero attached hydrogens (tertiary/aromatic N) is 2. The van der Waals surface area contributed by atoms with Gasteiger partial charge in [0.25, 0.3) is 5.91 Å². The Morgan fingerprint density at radius 2 is 2.00 bits per heavy atom. The van der Waals surface area contributed by atoms with Gasteiger partial charge in [0.2, 0.25) is 0 Å². The van der Waals surface area contributed by atoms with Crippen molar-refractivity contribution in [3.8, 4) is 5.75 Å². The number of carbonyl (C=O) groups excluding carboxylic acids is 2. The topological polar surface area (TPSA) is 144 Å². The van der Waals surface area contributed by atoms with Crippen LogP contribution in [0.15, 0.2) is 24.4 Å². The first-order valence-corrected chi connectivity index (χ1v) is 8.11. The van der Waals surface area contributed by atoms with E-state index in [0.29, 0.717) is 11.3 Å². The highest BCUT2D eigenvalue weighted by molar-refractivity contribution is 7.18. The van der Waals surface area contributed by atoms with E-state index in [1.54, 1.807) is 20.8 Å². The van der Waals surface area contributed by atoms with E-state index in [1.165, 1.54) is 18.2 Å². The molecule has 2 amide bonds. The Hall–Kier alpha value is -3.21. The van der Waals surface area contributed by atoms with Crippen molar-refractivity contribution < 1.29 is 24.4 Å². The van der Waals surface area contributed by atoms with Crippen LogP contribution in [0.3, 0.4) is 0 Å². The second-order valence-corrected chi connectivity index (χ2v) is 7.08. The van der Waals surface area contributed by atoms with Crippen molar-refractivity contribution in [3.05, 3.63) is 40.1 Å². The standard InChI is InChI=1S/C15H16N4O6S/c1-15(2,3)25-14(22)17-8-4-5-10(20)9(6-8)12(21)18-13-16-7-11(26-13)19(23)24/h4-7,20H,1-3H3,(H,17,22)(H,16,18,21). The van der Waals surface area contributed by atoms with E-state index in [4.69, 9.17) is 4.74 Å². The van der Waals surface area contributed by atoms with Crippen molar-refractivity contribution in [1.29, 1.82) is 0 Å². The van der Waals surface area contributed by atoms with E-state index in [9.17, 15) is 24.8 Å². The zero-order valence-corrected chi connectivity index (χ0v) is 14.9. The van der Waals surface area contributed by atoms with Crippen LogP contribution in [0, 0.1) is 10.1 Å². The number of benzene rings is 1.